The molecule has 38 heavy (non-hydrogen) atoms. The van der Waals surface area contributed by atoms with E-state index in [0.717, 1.165) is 16.4 Å². The summed E-state index contributed by atoms with van der Waals surface area (Å²) >= 11 is 2.16. The lowest BCUT2D eigenvalue weighted by Gasteiger charge is -2.50. The van der Waals surface area contributed by atoms with E-state index >= 15 is 0 Å². The Hall–Kier alpha value is -4.29. The van der Waals surface area contributed by atoms with Gasteiger partial charge >= 0.3 is 5.65 Å². The number of carboxylic acids is 1. The topological polar surface area (TPSA) is 219 Å². The number of nitrogen functional groups attached to an aromatic ring is 2. The summed E-state index contributed by atoms with van der Waals surface area (Å²) in [7, 11) is 1.37. The molecule has 0 bridgehead atoms. The predicted molar refractivity (Wildman–Crippen MR) is 131 cm³/mol. The van der Waals surface area contributed by atoms with E-state index in [-0.39, 0.29) is 41.5 Å². The fourth-order valence-electron chi connectivity index (χ4n) is 4.00. The number of hydrogen-bond donors (Lipinski definition) is 3. The lowest BCUT2D eigenvalue weighted by molar-refractivity contribution is -0.662. The summed E-state index contributed by atoms with van der Waals surface area (Å²) in [5.74, 6) is -2.39. The van der Waals surface area contributed by atoms with Crippen LogP contribution in [0.25, 0.3) is 5.65 Å². The second kappa shape index (κ2) is 10.2. The number of nitrogens with one attached hydrogen (secondary N) is 1. The van der Waals surface area contributed by atoms with Gasteiger partial charge in [-0.1, -0.05) is 14.8 Å². The summed E-state index contributed by atoms with van der Waals surface area (Å²) in [5, 5.41) is 22.0. The smallest absolute Gasteiger partial charge is 0.307 e. The molecule has 0 saturated carbocycles. The Balaban J connectivity index is 1.36. The Labute approximate surface area is 222 Å². The number of ether oxygens (including phenoxy) is 1. The van der Waals surface area contributed by atoms with Crippen LogP contribution in [-0.2, 0) is 30.5 Å². The zero-order valence-corrected chi connectivity index (χ0v) is 21.3. The van der Waals surface area contributed by atoms with Crippen LogP contribution in [0.3, 0.4) is 0 Å². The van der Waals surface area contributed by atoms with E-state index in [2.05, 4.69) is 24.9 Å². The highest BCUT2D eigenvalue weighted by molar-refractivity contribution is 8.00. The van der Waals surface area contributed by atoms with Gasteiger partial charge in [-0.25, -0.2) is 4.57 Å². The first kappa shape index (κ1) is 25.4. The normalized spacial score (nSPS) is 19.3. The SMILES string of the molecule is COCO/N=C(\C(=O)N[C@@H]1C(=O)N2C(C(=O)[O-])=C(C[n+]3ccn4nc(N)ccc43)CS[C@H]12)c1nsc(N)n1. The Bertz CT molecular complexity index is 1500. The lowest BCUT2D eigenvalue weighted by Crippen LogP contribution is -2.71. The second-order valence-electron chi connectivity index (χ2n) is 8.02. The molecule has 1 fully saturated rings. The number of carboxylic acid groups (broad SMARTS) is 1. The summed E-state index contributed by atoms with van der Waals surface area (Å²) in [6, 6.07) is 2.36. The molecule has 3 aromatic heterocycles. The molecular weight excluding hydrogens is 540 g/mol. The monoisotopic (exact) mass is 560 g/mol. The molecule has 0 aromatic carbocycles. The maximum Gasteiger partial charge on any atom is 0.307 e. The fraction of sp³-hybridized carbons (Fsp3) is 0.300. The average molecular weight is 561 g/mol. The predicted octanol–water partition coefficient (Wildman–Crippen LogP) is -2.93. The van der Waals surface area contributed by atoms with E-state index in [0.29, 0.717) is 17.0 Å². The number of nitrogens with zero attached hydrogens (tertiary/aromatic N) is 7. The van der Waals surface area contributed by atoms with Crippen molar-refractivity contribution in [3.63, 3.8) is 0 Å². The molecule has 1 saturated heterocycles. The molecule has 5 N–H and O–H groups in total. The Morgan fingerprint density at radius 3 is 2.89 bits per heavy atom. The number of aliphatic carboxylic acids is 1. The van der Waals surface area contributed by atoms with Crippen molar-refractivity contribution in [2.45, 2.75) is 18.0 Å². The van der Waals surface area contributed by atoms with Gasteiger partial charge in [-0.05, 0) is 6.07 Å². The second-order valence-corrected chi connectivity index (χ2v) is 9.91. The van der Waals surface area contributed by atoms with Gasteiger partial charge in [0.2, 0.25) is 18.3 Å². The zero-order valence-electron chi connectivity index (χ0n) is 19.6. The molecule has 0 unspecified atom stereocenters. The molecule has 3 aromatic rings. The van der Waals surface area contributed by atoms with E-state index in [4.69, 9.17) is 21.0 Å². The van der Waals surface area contributed by atoms with Crippen LogP contribution in [0.5, 0.6) is 0 Å². The summed E-state index contributed by atoms with van der Waals surface area (Å²) in [6.45, 7) is -0.0668. The van der Waals surface area contributed by atoms with Crippen LogP contribution in [0.15, 0.2) is 41.0 Å². The van der Waals surface area contributed by atoms with Gasteiger partial charge < -0.3 is 36.3 Å². The summed E-state index contributed by atoms with van der Waals surface area (Å²) in [4.78, 5) is 48.2. The lowest BCUT2D eigenvalue weighted by atomic mass is 10.0. The van der Waals surface area contributed by atoms with Gasteiger partial charge in [0.05, 0.1) is 11.7 Å². The molecule has 5 rings (SSSR count). The Morgan fingerprint density at radius 1 is 1.37 bits per heavy atom. The number of hydrogen-bond acceptors (Lipinski definition) is 14. The van der Waals surface area contributed by atoms with Crippen molar-refractivity contribution in [2.24, 2.45) is 5.16 Å². The number of carbonyl (C=O) groups is 3. The zero-order chi connectivity index (χ0) is 27.0. The molecular formula is C20H20N10O6S2. The molecule has 2 atom stereocenters. The van der Waals surface area contributed by atoms with Gasteiger partial charge in [0.1, 0.15) is 24.2 Å². The van der Waals surface area contributed by atoms with Crippen molar-refractivity contribution in [1.82, 2.24) is 29.2 Å². The minimum atomic E-state index is -1.49. The third-order valence-electron chi connectivity index (χ3n) is 5.63. The molecule has 2 amide bonds. The number of amides is 2. The molecule has 2 aliphatic rings. The standard InChI is InChI=1S/C20H20N10O6S2/c1-35-8-36-26-12(15-24-20(22)38-27-15)16(31)23-13-17(32)30-14(19(33)34)9(7-37-18(13)30)6-28-4-5-29-11(28)3-2-10(21)25-29/h2-5,13,18H,6-8H2,1H3,(H5-,21,22,23,24,25,27,31,33,34)/b26-12-/t13-,18-/m1/s1. The van der Waals surface area contributed by atoms with Gasteiger partial charge in [-0.15, -0.1) is 11.8 Å². The van der Waals surface area contributed by atoms with Crippen LogP contribution >= 0.6 is 23.3 Å². The minimum absolute atomic E-state index is 0.0910. The van der Waals surface area contributed by atoms with Gasteiger partial charge in [-0.2, -0.15) is 9.36 Å². The van der Waals surface area contributed by atoms with E-state index in [1.54, 1.807) is 33.6 Å². The largest absolute Gasteiger partial charge is 0.543 e. The Kier molecular flexibility index (Phi) is 6.83. The molecule has 0 aliphatic carbocycles. The van der Waals surface area contributed by atoms with E-state index in [1.807, 2.05) is 0 Å². The third kappa shape index (κ3) is 4.59. The molecule has 198 valence electrons. The third-order valence-corrected chi connectivity index (χ3v) is 7.51. The van der Waals surface area contributed by atoms with Crippen LogP contribution < -0.4 is 26.5 Å². The highest BCUT2D eigenvalue weighted by Crippen LogP contribution is 2.40. The number of anilines is 2. The number of β-lactam (4-membered cyclic amide) rings is 1. The number of fused-ring (bicyclic) bond motifs is 2. The van der Waals surface area contributed by atoms with E-state index in [1.165, 1.54) is 18.9 Å². The maximum absolute atomic E-state index is 13.1. The van der Waals surface area contributed by atoms with Crippen molar-refractivity contribution >= 4 is 63.4 Å². The highest BCUT2D eigenvalue weighted by Gasteiger charge is 2.53. The summed E-state index contributed by atoms with van der Waals surface area (Å²) in [6.07, 6.45) is 3.41. The van der Waals surface area contributed by atoms with Gasteiger partial charge in [0.15, 0.2) is 17.1 Å². The van der Waals surface area contributed by atoms with Gasteiger partial charge in [0.25, 0.3) is 11.8 Å². The van der Waals surface area contributed by atoms with Gasteiger partial charge in [-0.3, -0.25) is 14.5 Å². The number of thioether (sulfide) groups is 1. The number of imidazole rings is 1. The van der Waals surface area contributed by atoms with E-state index in [9.17, 15) is 19.5 Å². The average Bonchev–Trinajstić information content (AvgIpc) is 3.50. The molecule has 16 nitrogen and oxygen atoms in total. The van der Waals surface area contributed by atoms with Crippen molar-refractivity contribution < 1.29 is 33.6 Å². The number of methoxy groups -OCH3 is 1. The molecule has 0 radical (unpaired) electrons. The molecule has 0 spiro atoms. The van der Waals surface area contributed by atoms with E-state index < -0.39 is 29.2 Å². The van der Waals surface area contributed by atoms with Gasteiger partial charge in [0, 0.05) is 36.0 Å². The first-order valence-corrected chi connectivity index (χ1v) is 12.7. The highest BCUT2D eigenvalue weighted by atomic mass is 32.2. The minimum Gasteiger partial charge on any atom is -0.543 e. The summed E-state index contributed by atoms with van der Waals surface area (Å²) in [5.41, 5.74) is 11.9. The van der Waals surface area contributed by atoms with Crippen molar-refractivity contribution in [3.05, 3.63) is 41.6 Å². The van der Waals surface area contributed by atoms with Crippen molar-refractivity contribution in [3.8, 4) is 0 Å². The summed E-state index contributed by atoms with van der Waals surface area (Å²) < 4.78 is 12.1. The molecule has 2 aliphatic heterocycles. The fourth-order valence-corrected chi connectivity index (χ4v) is 5.77. The number of rotatable bonds is 9. The number of oxime groups is 1. The maximum atomic E-state index is 13.1. The molecule has 18 heteroatoms. The number of aromatic nitrogens is 5. The van der Waals surface area contributed by atoms with Crippen LogP contribution in [0.1, 0.15) is 5.82 Å². The van der Waals surface area contributed by atoms with Crippen molar-refractivity contribution in [1.29, 1.82) is 0 Å². The van der Waals surface area contributed by atoms with Crippen LogP contribution in [-0.4, -0.2) is 78.4 Å². The van der Waals surface area contributed by atoms with Crippen molar-refractivity contribution in [2.75, 3.05) is 31.1 Å². The first-order chi connectivity index (χ1) is 18.3. The van der Waals surface area contributed by atoms with Crippen LogP contribution in [0.4, 0.5) is 10.9 Å². The first-order valence-electron chi connectivity index (χ1n) is 10.9. The number of carbonyl (C=O) groups excluding carboxylic acids is 3. The Morgan fingerprint density at radius 2 is 2.18 bits per heavy atom. The quantitative estimate of drug-likeness (QED) is 0.0598. The molecule has 5 heterocycles. The number of nitrogens with two attached hydrogens (primary N) is 2. The van der Waals surface area contributed by atoms with Crippen LogP contribution in [0.2, 0.25) is 0 Å². The van der Waals surface area contributed by atoms with Crippen LogP contribution in [0, 0.1) is 0 Å².